The summed E-state index contributed by atoms with van der Waals surface area (Å²) in [5.74, 6) is 3.63. The van der Waals surface area contributed by atoms with Crippen LogP contribution in [0.5, 0.6) is 0 Å². The van der Waals surface area contributed by atoms with Crippen molar-refractivity contribution in [1.29, 1.82) is 0 Å². The van der Waals surface area contributed by atoms with Crippen LogP contribution in [-0.4, -0.2) is 47.1 Å². The summed E-state index contributed by atoms with van der Waals surface area (Å²) in [6.45, 7) is 6.43. The van der Waals surface area contributed by atoms with E-state index in [0.717, 1.165) is 41.9 Å². The summed E-state index contributed by atoms with van der Waals surface area (Å²) in [6, 6.07) is 3.99. The number of aromatic nitrogens is 4. The fourth-order valence-corrected chi connectivity index (χ4v) is 3.82. The number of piperidine rings is 1. The number of rotatable bonds is 5. The van der Waals surface area contributed by atoms with Crippen LogP contribution >= 0.6 is 0 Å². The lowest BCUT2D eigenvalue weighted by Gasteiger charge is -2.26. The molecule has 0 amide bonds. The van der Waals surface area contributed by atoms with Crippen LogP contribution in [0.4, 0.5) is 23.4 Å². The smallest absolute Gasteiger partial charge is 0.227 e. The summed E-state index contributed by atoms with van der Waals surface area (Å²) in [5.41, 5.74) is 1.22. The van der Waals surface area contributed by atoms with E-state index < -0.39 is 0 Å². The Labute approximate surface area is 172 Å². The molecule has 0 atom stereocenters. The van der Waals surface area contributed by atoms with Crippen molar-refractivity contribution in [2.75, 3.05) is 42.3 Å². The van der Waals surface area contributed by atoms with E-state index in [0.29, 0.717) is 5.92 Å². The predicted octanol–water partition coefficient (Wildman–Crippen LogP) is 4.34. The zero-order chi connectivity index (χ0) is 20.4. The first-order chi connectivity index (χ1) is 14.0. The number of pyridine rings is 2. The molecule has 1 saturated heterocycles. The first kappa shape index (κ1) is 19.4. The quantitative estimate of drug-likeness (QED) is 0.693. The van der Waals surface area contributed by atoms with Gasteiger partial charge in [0.25, 0.3) is 0 Å². The highest BCUT2D eigenvalue weighted by Crippen LogP contribution is 2.31. The topological polar surface area (TPSA) is 70.1 Å². The molecule has 7 heteroatoms. The summed E-state index contributed by atoms with van der Waals surface area (Å²) in [6.07, 6.45) is 9.39. The van der Waals surface area contributed by atoms with E-state index in [-0.39, 0.29) is 0 Å². The van der Waals surface area contributed by atoms with Gasteiger partial charge in [0, 0.05) is 51.2 Å². The van der Waals surface area contributed by atoms with E-state index in [9.17, 15) is 0 Å². The van der Waals surface area contributed by atoms with Gasteiger partial charge in [-0.1, -0.05) is 13.8 Å². The summed E-state index contributed by atoms with van der Waals surface area (Å²) < 4.78 is 0. The third-order valence-corrected chi connectivity index (χ3v) is 5.37. The molecule has 4 rings (SSSR count). The van der Waals surface area contributed by atoms with Crippen LogP contribution in [0, 0.1) is 0 Å². The van der Waals surface area contributed by atoms with Crippen LogP contribution in [0.25, 0.3) is 10.8 Å². The lowest BCUT2D eigenvalue weighted by molar-refractivity contribution is 0.568. The SMILES string of the molecule is CC(C)c1cnc(N(C)C)c2cnc(Nc3ccnc(N4CCCCC4)n3)cc12. The van der Waals surface area contributed by atoms with Crippen LogP contribution in [-0.2, 0) is 0 Å². The van der Waals surface area contributed by atoms with Gasteiger partial charge in [-0.2, -0.15) is 4.98 Å². The van der Waals surface area contributed by atoms with Gasteiger partial charge >= 0.3 is 0 Å². The number of nitrogens with one attached hydrogen (secondary N) is 1. The van der Waals surface area contributed by atoms with Gasteiger partial charge in [-0.05, 0) is 48.3 Å². The highest BCUT2D eigenvalue weighted by Gasteiger charge is 2.15. The Hall–Kier alpha value is -2.96. The summed E-state index contributed by atoms with van der Waals surface area (Å²) in [7, 11) is 4.01. The van der Waals surface area contributed by atoms with Crippen molar-refractivity contribution < 1.29 is 0 Å². The standard InChI is InChI=1S/C22H29N7/c1-15(2)17-13-25-21(28(3)4)18-14-24-20(12-16(17)18)26-19-8-9-23-22(27-19)29-10-6-5-7-11-29/h8-9,12-15H,5-7,10-11H2,1-4H3,(H,23,24,26,27). The van der Waals surface area contributed by atoms with E-state index in [1.807, 2.05) is 43.7 Å². The number of anilines is 4. The third-order valence-electron chi connectivity index (χ3n) is 5.37. The van der Waals surface area contributed by atoms with E-state index in [1.54, 1.807) is 0 Å². The maximum absolute atomic E-state index is 4.72. The molecule has 1 aliphatic heterocycles. The minimum Gasteiger partial charge on any atom is -0.362 e. The van der Waals surface area contributed by atoms with Gasteiger partial charge in [-0.15, -0.1) is 0 Å². The Morgan fingerprint density at radius 2 is 1.76 bits per heavy atom. The van der Waals surface area contributed by atoms with Gasteiger partial charge < -0.3 is 15.1 Å². The summed E-state index contributed by atoms with van der Waals surface area (Å²) in [4.78, 5) is 22.7. The van der Waals surface area contributed by atoms with Crippen LogP contribution in [0.2, 0.25) is 0 Å². The Morgan fingerprint density at radius 3 is 2.48 bits per heavy atom. The number of nitrogens with zero attached hydrogens (tertiary/aromatic N) is 6. The highest BCUT2D eigenvalue weighted by molar-refractivity contribution is 5.95. The molecule has 1 N–H and O–H groups in total. The monoisotopic (exact) mass is 391 g/mol. The van der Waals surface area contributed by atoms with Crippen molar-refractivity contribution in [3.8, 4) is 0 Å². The van der Waals surface area contributed by atoms with Crippen molar-refractivity contribution in [2.24, 2.45) is 0 Å². The van der Waals surface area contributed by atoms with Crippen LogP contribution in [0.1, 0.15) is 44.6 Å². The van der Waals surface area contributed by atoms with Crippen molar-refractivity contribution >= 4 is 34.2 Å². The Bertz CT molecular complexity index is 994. The molecule has 1 fully saturated rings. The Balaban J connectivity index is 1.67. The molecular formula is C22H29N7. The van der Waals surface area contributed by atoms with Crippen LogP contribution in [0.15, 0.2) is 30.7 Å². The second-order valence-electron chi connectivity index (χ2n) is 8.12. The minimum atomic E-state index is 0.376. The van der Waals surface area contributed by atoms with Gasteiger partial charge in [0.05, 0.1) is 0 Å². The van der Waals surface area contributed by atoms with Gasteiger partial charge in [0.1, 0.15) is 17.5 Å². The number of hydrogen-bond donors (Lipinski definition) is 1. The van der Waals surface area contributed by atoms with E-state index in [1.165, 1.54) is 30.2 Å². The normalized spacial score (nSPS) is 14.4. The van der Waals surface area contributed by atoms with Crippen molar-refractivity contribution in [3.05, 3.63) is 36.3 Å². The Morgan fingerprint density at radius 1 is 0.966 bits per heavy atom. The second-order valence-corrected chi connectivity index (χ2v) is 8.12. The highest BCUT2D eigenvalue weighted by atomic mass is 15.3. The molecule has 4 heterocycles. The molecule has 0 aromatic carbocycles. The van der Waals surface area contributed by atoms with Gasteiger partial charge in [0.15, 0.2) is 0 Å². The molecule has 29 heavy (non-hydrogen) atoms. The Kier molecular flexibility index (Phi) is 5.47. The molecule has 3 aromatic heterocycles. The van der Waals surface area contributed by atoms with Crippen molar-refractivity contribution in [1.82, 2.24) is 19.9 Å². The number of fused-ring (bicyclic) bond motifs is 1. The molecule has 152 valence electrons. The van der Waals surface area contributed by atoms with Gasteiger partial charge in [0.2, 0.25) is 5.95 Å². The molecule has 0 unspecified atom stereocenters. The van der Waals surface area contributed by atoms with Gasteiger partial charge in [-0.25, -0.2) is 15.0 Å². The molecular weight excluding hydrogens is 362 g/mol. The first-order valence-corrected chi connectivity index (χ1v) is 10.3. The maximum atomic E-state index is 4.72. The second kappa shape index (κ2) is 8.19. The maximum Gasteiger partial charge on any atom is 0.227 e. The summed E-state index contributed by atoms with van der Waals surface area (Å²) >= 11 is 0. The van der Waals surface area contributed by atoms with Crippen LogP contribution < -0.4 is 15.1 Å². The molecule has 0 radical (unpaired) electrons. The zero-order valence-electron chi connectivity index (χ0n) is 17.7. The molecule has 0 bridgehead atoms. The lowest BCUT2D eigenvalue weighted by atomic mass is 9.99. The minimum absolute atomic E-state index is 0.376. The molecule has 0 aliphatic carbocycles. The molecule has 1 aliphatic rings. The molecule has 7 nitrogen and oxygen atoms in total. The van der Waals surface area contributed by atoms with Crippen molar-refractivity contribution in [2.45, 2.75) is 39.0 Å². The lowest BCUT2D eigenvalue weighted by Crippen LogP contribution is -2.31. The zero-order valence-corrected chi connectivity index (χ0v) is 17.7. The first-order valence-electron chi connectivity index (χ1n) is 10.3. The molecule has 0 saturated carbocycles. The fourth-order valence-electron chi connectivity index (χ4n) is 3.82. The van der Waals surface area contributed by atoms with Crippen LogP contribution in [0.3, 0.4) is 0 Å². The predicted molar refractivity (Wildman–Crippen MR) is 119 cm³/mol. The fraction of sp³-hybridized carbons (Fsp3) is 0.455. The van der Waals surface area contributed by atoms with Gasteiger partial charge in [-0.3, -0.25) is 0 Å². The number of hydrogen-bond acceptors (Lipinski definition) is 7. The van der Waals surface area contributed by atoms with E-state index in [2.05, 4.69) is 45.1 Å². The molecule has 0 spiro atoms. The van der Waals surface area contributed by atoms with E-state index >= 15 is 0 Å². The third kappa shape index (κ3) is 4.09. The average molecular weight is 392 g/mol. The largest absolute Gasteiger partial charge is 0.362 e. The average Bonchev–Trinajstić information content (AvgIpc) is 2.73. The van der Waals surface area contributed by atoms with Crippen molar-refractivity contribution in [3.63, 3.8) is 0 Å². The molecule has 3 aromatic rings. The van der Waals surface area contributed by atoms with E-state index in [4.69, 9.17) is 4.98 Å². The summed E-state index contributed by atoms with van der Waals surface area (Å²) in [5, 5.41) is 5.59.